The number of nitrogens with one attached hydrogen (secondary N) is 2. The fourth-order valence-electron chi connectivity index (χ4n) is 1.07. The van der Waals surface area contributed by atoms with E-state index in [4.69, 9.17) is 0 Å². The summed E-state index contributed by atoms with van der Waals surface area (Å²) in [7, 11) is 0. The summed E-state index contributed by atoms with van der Waals surface area (Å²) in [4.78, 5) is 5.32. The summed E-state index contributed by atoms with van der Waals surface area (Å²) >= 11 is 5.15. The quantitative estimate of drug-likeness (QED) is 0.894. The van der Waals surface area contributed by atoms with Crippen molar-refractivity contribution in [1.82, 2.24) is 20.5 Å². The molecule has 0 bridgehead atoms. The Hall–Kier alpha value is -0.720. The first-order chi connectivity index (χ1) is 6.84. The van der Waals surface area contributed by atoms with Gasteiger partial charge in [-0.3, -0.25) is 5.10 Å². The van der Waals surface area contributed by atoms with Gasteiger partial charge in [0, 0.05) is 21.3 Å². The van der Waals surface area contributed by atoms with Crippen LogP contribution < -0.4 is 5.32 Å². The van der Waals surface area contributed by atoms with Crippen molar-refractivity contribution >= 4 is 27.3 Å². The highest BCUT2D eigenvalue weighted by atomic mass is 79.9. The number of aromatic nitrogens is 3. The van der Waals surface area contributed by atoms with E-state index in [9.17, 15) is 0 Å². The Morgan fingerprint density at radius 3 is 3.07 bits per heavy atom. The minimum atomic E-state index is 0.718. The molecule has 0 spiro atoms. The second-order valence-corrected chi connectivity index (χ2v) is 4.68. The van der Waals surface area contributed by atoms with Crippen LogP contribution in [0.15, 0.2) is 22.2 Å². The molecule has 0 unspecified atom stereocenters. The Bertz CT molecular complexity index is 384. The number of rotatable bonds is 4. The number of hydrogen-bond acceptors (Lipinski definition) is 4. The van der Waals surface area contributed by atoms with Gasteiger partial charge in [0.15, 0.2) is 0 Å². The van der Waals surface area contributed by atoms with Crippen molar-refractivity contribution in [3.8, 4) is 0 Å². The van der Waals surface area contributed by atoms with Gasteiger partial charge >= 0.3 is 0 Å². The third kappa shape index (κ3) is 2.63. The molecular formula is C8H9BrN4S. The Kier molecular flexibility index (Phi) is 3.28. The van der Waals surface area contributed by atoms with E-state index in [-0.39, 0.29) is 0 Å². The van der Waals surface area contributed by atoms with Gasteiger partial charge in [-0.1, -0.05) is 0 Å². The summed E-state index contributed by atoms with van der Waals surface area (Å²) in [5.41, 5.74) is 0. The zero-order valence-corrected chi connectivity index (χ0v) is 9.73. The van der Waals surface area contributed by atoms with E-state index in [1.807, 2.05) is 0 Å². The third-order valence-corrected chi connectivity index (χ3v) is 3.38. The summed E-state index contributed by atoms with van der Waals surface area (Å²) in [5.74, 6) is 0.862. The lowest BCUT2D eigenvalue weighted by atomic mass is 10.4. The lowest BCUT2D eigenvalue weighted by Crippen LogP contribution is -2.12. The zero-order valence-electron chi connectivity index (χ0n) is 7.33. The average Bonchev–Trinajstić information content (AvgIpc) is 2.77. The summed E-state index contributed by atoms with van der Waals surface area (Å²) in [6.07, 6.45) is 1.51. The van der Waals surface area contributed by atoms with Gasteiger partial charge in [-0.25, -0.2) is 4.98 Å². The molecule has 0 aliphatic carbocycles. The van der Waals surface area contributed by atoms with Crippen molar-refractivity contribution in [2.24, 2.45) is 0 Å². The van der Waals surface area contributed by atoms with Crippen LogP contribution in [0.5, 0.6) is 0 Å². The first-order valence-electron chi connectivity index (χ1n) is 4.12. The molecule has 2 aromatic heterocycles. The second-order valence-electron chi connectivity index (χ2n) is 2.77. The molecule has 4 nitrogen and oxygen atoms in total. The van der Waals surface area contributed by atoms with Gasteiger partial charge in [0.05, 0.1) is 6.54 Å². The molecule has 2 rings (SSSR count). The number of halogens is 1. The van der Waals surface area contributed by atoms with Gasteiger partial charge in [0.2, 0.25) is 0 Å². The molecule has 0 atom stereocenters. The fourth-order valence-corrected chi connectivity index (χ4v) is 2.49. The zero-order chi connectivity index (χ0) is 9.80. The molecule has 0 aliphatic rings. The van der Waals surface area contributed by atoms with Crippen molar-refractivity contribution in [1.29, 1.82) is 0 Å². The van der Waals surface area contributed by atoms with Crippen molar-refractivity contribution in [2.75, 3.05) is 0 Å². The highest BCUT2D eigenvalue weighted by molar-refractivity contribution is 9.10. The smallest absolute Gasteiger partial charge is 0.138 e. The molecule has 0 radical (unpaired) electrons. The predicted octanol–water partition coefficient (Wildman–Crippen LogP) is 1.92. The van der Waals surface area contributed by atoms with Crippen molar-refractivity contribution in [2.45, 2.75) is 13.1 Å². The SMILES string of the molecule is Brc1csc(CNCc2ncn[nH]2)c1. The molecular weight excluding hydrogens is 264 g/mol. The van der Waals surface area contributed by atoms with Gasteiger partial charge in [0.1, 0.15) is 12.2 Å². The van der Waals surface area contributed by atoms with Crippen LogP contribution >= 0.6 is 27.3 Å². The predicted molar refractivity (Wildman–Crippen MR) is 58.9 cm³/mol. The standard InChI is InChI=1S/C8H9BrN4S/c9-6-1-7(14-4-6)2-10-3-8-11-5-12-13-8/h1,4-5,10H,2-3H2,(H,11,12,13). The summed E-state index contributed by atoms with van der Waals surface area (Å²) in [5, 5.41) is 11.9. The van der Waals surface area contributed by atoms with Gasteiger partial charge in [0.25, 0.3) is 0 Å². The Balaban J connectivity index is 1.78. The van der Waals surface area contributed by atoms with E-state index in [1.165, 1.54) is 11.2 Å². The molecule has 0 aromatic carbocycles. The molecule has 14 heavy (non-hydrogen) atoms. The lowest BCUT2D eigenvalue weighted by molar-refractivity contribution is 0.671. The monoisotopic (exact) mass is 272 g/mol. The van der Waals surface area contributed by atoms with Crippen molar-refractivity contribution in [3.05, 3.63) is 32.9 Å². The number of thiophene rings is 1. The Morgan fingerprint density at radius 2 is 2.43 bits per heavy atom. The minimum absolute atomic E-state index is 0.718. The van der Waals surface area contributed by atoms with Crippen LogP contribution in [-0.2, 0) is 13.1 Å². The van der Waals surface area contributed by atoms with Crippen molar-refractivity contribution < 1.29 is 0 Å². The minimum Gasteiger partial charge on any atom is -0.305 e. The van der Waals surface area contributed by atoms with E-state index in [1.54, 1.807) is 11.3 Å². The van der Waals surface area contributed by atoms with E-state index in [0.29, 0.717) is 0 Å². The lowest BCUT2D eigenvalue weighted by Gasteiger charge is -1.98. The van der Waals surface area contributed by atoms with Crippen LogP contribution in [-0.4, -0.2) is 15.2 Å². The maximum absolute atomic E-state index is 4.02. The van der Waals surface area contributed by atoms with Crippen LogP contribution in [0.3, 0.4) is 0 Å². The maximum atomic E-state index is 4.02. The van der Waals surface area contributed by atoms with E-state index >= 15 is 0 Å². The second kappa shape index (κ2) is 4.68. The highest BCUT2D eigenvalue weighted by Crippen LogP contribution is 2.19. The molecule has 0 amide bonds. The number of nitrogens with zero attached hydrogens (tertiary/aromatic N) is 2. The largest absolute Gasteiger partial charge is 0.305 e. The molecule has 2 N–H and O–H groups in total. The van der Waals surface area contributed by atoms with Gasteiger partial charge in [-0.15, -0.1) is 11.3 Å². The highest BCUT2D eigenvalue weighted by Gasteiger charge is 1.98. The molecule has 74 valence electrons. The van der Waals surface area contributed by atoms with Gasteiger partial charge in [-0.2, -0.15) is 5.10 Å². The molecule has 2 heterocycles. The first-order valence-corrected chi connectivity index (χ1v) is 5.80. The average molecular weight is 273 g/mol. The van der Waals surface area contributed by atoms with Crippen LogP contribution in [0.4, 0.5) is 0 Å². The van der Waals surface area contributed by atoms with E-state index in [2.05, 4.69) is 47.9 Å². The van der Waals surface area contributed by atoms with Gasteiger partial charge < -0.3 is 5.32 Å². The first kappa shape index (κ1) is 9.82. The number of aromatic amines is 1. The fraction of sp³-hybridized carbons (Fsp3) is 0.250. The third-order valence-electron chi connectivity index (χ3n) is 1.68. The Labute approximate surface area is 93.9 Å². The summed E-state index contributed by atoms with van der Waals surface area (Å²) in [6.45, 7) is 1.58. The van der Waals surface area contributed by atoms with E-state index < -0.39 is 0 Å². The van der Waals surface area contributed by atoms with Crippen LogP contribution in [0.1, 0.15) is 10.7 Å². The Morgan fingerprint density at radius 1 is 1.50 bits per heavy atom. The molecule has 0 saturated heterocycles. The number of hydrogen-bond donors (Lipinski definition) is 2. The van der Waals surface area contributed by atoms with Gasteiger partial charge in [-0.05, 0) is 22.0 Å². The topological polar surface area (TPSA) is 53.6 Å². The normalized spacial score (nSPS) is 10.6. The van der Waals surface area contributed by atoms with Crippen LogP contribution in [0.25, 0.3) is 0 Å². The summed E-state index contributed by atoms with van der Waals surface area (Å²) < 4.78 is 1.14. The molecule has 0 fully saturated rings. The van der Waals surface area contributed by atoms with Crippen LogP contribution in [0.2, 0.25) is 0 Å². The van der Waals surface area contributed by atoms with Crippen molar-refractivity contribution in [3.63, 3.8) is 0 Å². The summed E-state index contributed by atoms with van der Waals surface area (Å²) in [6, 6.07) is 2.11. The van der Waals surface area contributed by atoms with E-state index in [0.717, 1.165) is 23.4 Å². The van der Waals surface area contributed by atoms with Crippen LogP contribution in [0, 0.1) is 0 Å². The molecule has 2 aromatic rings. The molecule has 6 heteroatoms. The molecule has 0 aliphatic heterocycles. The number of H-pyrrole nitrogens is 1. The molecule has 0 saturated carbocycles. The maximum Gasteiger partial charge on any atom is 0.138 e.